The standard InChI is InChI=1S/C21H26N2O2/c1-4-15-14-8-10-22-11-9-21(20(15)22)16-6-5-7-17(25-3)19(16)23(13(2)24)18(21)12-14/h4-7,14,18,20H,8-12H2,1-3H3/b15-4+/t14-,18?,20-,21-/m1/s1. The molecule has 4 atom stereocenters. The van der Waals surface area contributed by atoms with E-state index in [0.717, 1.165) is 30.8 Å². The smallest absolute Gasteiger partial charge is 0.224 e. The van der Waals surface area contributed by atoms with Crippen molar-refractivity contribution in [2.45, 2.75) is 50.6 Å². The number of para-hydroxylation sites is 1. The molecular formula is C21H26N2O2. The van der Waals surface area contributed by atoms with Crippen molar-refractivity contribution < 1.29 is 9.53 Å². The van der Waals surface area contributed by atoms with E-state index in [1.165, 1.54) is 18.5 Å². The van der Waals surface area contributed by atoms with Crippen molar-refractivity contribution in [3.63, 3.8) is 0 Å². The molecule has 0 radical (unpaired) electrons. The van der Waals surface area contributed by atoms with Crippen LogP contribution >= 0.6 is 0 Å². The van der Waals surface area contributed by atoms with Gasteiger partial charge in [0.05, 0.1) is 12.8 Å². The number of rotatable bonds is 1. The van der Waals surface area contributed by atoms with E-state index < -0.39 is 0 Å². The second kappa shape index (κ2) is 5.10. The molecule has 1 aromatic rings. The minimum Gasteiger partial charge on any atom is -0.495 e. The fourth-order valence-electron chi connectivity index (χ4n) is 6.50. The molecule has 1 saturated carbocycles. The summed E-state index contributed by atoms with van der Waals surface area (Å²) in [5.41, 5.74) is 4.01. The molecule has 0 N–H and O–H groups in total. The van der Waals surface area contributed by atoms with Crippen molar-refractivity contribution in [1.82, 2.24) is 4.90 Å². The Bertz CT molecular complexity index is 786. The fourth-order valence-corrected chi connectivity index (χ4v) is 6.50. The van der Waals surface area contributed by atoms with Gasteiger partial charge in [-0.25, -0.2) is 0 Å². The highest BCUT2D eigenvalue weighted by Gasteiger charge is 2.66. The summed E-state index contributed by atoms with van der Waals surface area (Å²) in [5.74, 6) is 1.60. The van der Waals surface area contributed by atoms with E-state index in [1.807, 2.05) is 6.07 Å². The molecule has 2 saturated heterocycles. The Labute approximate surface area is 149 Å². The van der Waals surface area contributed by atoms with Crippen LogP contribution in [-0.2, 0) is 10.2 Å². The third kappa shape index (κ3) is 1.69. The summed E-state index contributed by atoms with van der Waals surface area (Å²) in [6.07, 6.45) is 5.81. The van der Waals surface area contributed by atoms with Crippen LogP contribution in [0.15, 0.2) is 29.8 Å². The number of nitrogens with zero attached hydrogens (tertiary/aromatic N) is 2. The number of hydrogen-bond acceptors (Lipinski definition) is 3. The second-order valence-corrected chi connectivity index (χ2v) is 8.00. The molecule has 1 aliphatic carbocycles. The molecule has 3 fully saturated rings. The van der Waals surface area contributed by atoms with Gasteiger partial charge in [-0.3, -0.25) is 9.69 Å². The van der Waals surface area contributed by atoms with Crippen molar-refractivity contribution in [2.75, 3.05) is 25.1 Å². The summed E-state index contributed by atoms with van der Waals surface area (Å²) < 4.78 is 5.69. The first-order valence-electron chi connectivity index (χ1n) is 9.51. The number of fused-ring (bicyclic) bond motifs is 2. The van der Waals surface area contributed by atoms with Crippen LogP contribution in [0.2, 0.25) is 0 Å². The highest BCUT2D eigenvalue weighted by atomic mass is 16.5. The predicted octanol–water partition coefficient (Wildman–Crippen LogP) is 3.11. The van der Waals surface area contributed by atoms with Gasteiger partial charge in [0.15, 0.2) is 0 Å². The molecular weight excluding hydrogens is 312 g/mol. The normalized spacial score (nSPS) is 37.2. The maximum Gasteiger partial charge on any atom is 0.224 e. The monoisotopic (exact) mass is 338 g/mol. The summed E-state index contributed by atoms with van der Waals surface area (Å²) in [6.45, 7) is 6.24. The molecule has 25 heavy (non-hydrogen) atoms. The number of amides is 1. The highest BCUT2D eigenvalue weighted by molar-refractivity contribution is 5.98. The Kier molecular flexibility index (Phi) is 3.15. The number of methoxy groups -OCH3 is 1. The molecule has 4 nitrogen and oxygen atoms in total. The van der Waals surface area contributed by atoms with E-state index in [-0.39, 0.29) is 17.4 Å². The lowest BCUT2D eigenvalue weighted by atomic mass is 9.58. The summed E-state index contributed by atoms with van der Waals surface area (Å²) in [6, 6.07) is 7.06. The van der Waals surface area contributed by atoms with Crippen LogP contribution in [0, 0.1) is 5.92 Å². The zero-order valence-corrected chi connectivity index (χ0v) is 15.3. The summed E-state index contributed by atoms with van der Waals surface area (Å²) in [7, 11) is 1.71. The van der Waals surface area contributed by atoms with E-state index in [2.05, 4.69) is 34.9 Å². The van der Waals surface area contributed by atoms with Crippen LogP contribution < -0.4 is 9.64 Å². The number of piperidine rings is 1. The molecule has 3 aliphatic heterocycles. The third-order valence-electron chi connectivity index (χ3n) is 7.27. The van der Waals surface area contributed by atoms with E-state index >= 15 is 0 Å². The van der Waals surface area contributed by atoms with Crippen molar-refractivity contribution in [3.05, 3.63) is 35.4 Å². The van der Waals surface area contributed by atoms with Crippen LogP contribution in [0.5, 0.6) is 5.75 Å². The molecule has 2 bridgehead atoms. The Balaban J connectivity index is 1.80. The van der Waals surface area contributed by atoms with E-state index in [1.54, 1.807) is 19.6 Å². The first kappa shape index (κ1) is 15.4. The Morgan fingerprint density at radius 3 is 2.92 bits per heavy atom. The van der Waals surface area contributed by atoms with Crippen LogP contribution in [0.1, 0.15) is 38.7 Å². The summed E-state index contributed by atoms with van der Waals surface area (Å²) in [4.78, 5) is 17.5. The average molecular weight is 338 g/mol. The molecule has 0 aromatic heterocycles. The largest absolute Gasteiger partial charge is 0.495 e. The number of hydrogen-bond donors (Lipinski definition) is 0. The number of allylic oxidation sites excluding steroid dienone is 1. The summed E-state index contributed by atoms with van der Waals surface area (Å²) >= 11 is 0. The fraction of sp³-hybridized carbons (Fsp3) is 0.571. The highest BCUT2D eigenvalue weighted by Crippen LogP contribution is 2.63. The minimum atomic E-state index is 0.0360. The third-order valence-corrected chi connectivity index (χ3v) is 7.27. The second-order valence-electron chi connectivity index (χ2n) is 8.00. The molecule has 1 spiro atoms. The molecule has 4 heteroatoms. The number of carbonyl (C=O) groups is 1. The van der Waals surface area contributed by atoms with Gasteiger partial charge in [-0.05, 0) is 56.8 Å². The SMILES string of the molecule is C/C=C1\[C@@H]2CCN3CC[C@]4(c5cccc(OC)c5N(C(C)=O)C4C2)[C@@H]13. The van der Waals surface area contributed by atoms with E-state index in [9.17, 15) is 4.79 Å². The van der Waals surface area contributed by atoms with Gasteiger partial charge in [0.1, 0.15) is 5.75 Å². The van der Waals surface area contributed by atoms with Gasteiger partial charge >= 0.3 is 0 Å². The molecule has 1 amide bonds. The zero-order chi connectivity index (χ0) is 17.3. The Hall–Kier alpha value is -1.81. The summed E-state index contributed by atoms with van der Waals surface area (Å²) in [5, 5.41) is 0. The van der Waals surface area contributed by atoms with Crippen molar-refractivity contribution >= 4 is 11.6 Å². The average Bonchev–Trinajstić information content (AvgIpc) is 3.16. The van der Waals surface area contributed by atoms with Gasteiger partial charge in [-0.1, -0.05) is 23.8 Å². The first-order valence-corrected chi connectivity index (χ1v) is 9.51. The number of anilines is 1. The molecule has 5 rings (SSSR count). The van der Waals surface area contributed by atoms with Crippen LogP contribution in [0.4, 0.5) is 5.69 Å². The number of carbonyl (C=O) groups excluding carboxylic acids is 1. The first-order chi connectivity index (χ1) is 12.1. The molecule has 1 aromatic carbocycles. The van der Waals surface area contributed by atoms with Gasteiger partial charge in [-0.15, -0.1) is 0 Å². The number of benzene rings is 1. The molecule has 132 valence electrons. The maximum atomic E-state index is 12.7. The minimum absolute atomic E-state index is 0.0360. The van der Waals surface area contributed by atoms with Crippen LogP contribution in [0.25, 0.3) is 0 Å². The van der Waals surface area contributed by atoms with Gasteiger partial charge < -0.3 is 9.64 Å². The Morgan fingerprint density at radius 1 is 1.36 bits per heavy atom. The van der Waals surface area contributed by atoms with Crippen molar-refractivity contribution in [1.29, 1.82) is 0 Å². The van der Waals surface area contributed by atoms with Crippen LogP contribution in [0.3, 0.4) is 0 Å². The van der Waals surface area contributed by atoms with Gasteiger partial charge in [0.25, 0.3) is 0 Å². The lowest BCUT2D eigenvalue weighted by Crippen LogP contribution is -2.61. The van der Waals surface area contributed by atoms with Gasteiger partial charge in [0.2, 0.25) is 5.91 Å². The quantitative estimate of drug-likeness (QED) is 0.738. The van der Waals surface area contributed by atoms with Gasteiger partial charge in [0, 0.05) is 24.4 Å². The van der Waals surface area contributed by atoms with Crippen molar-refractivity contribution in [3.8, 4) is 5.75 Å². The molecule has 3 heterocycles. The van der Waals surface area contributed by atoms with Crippen LogP contribution in [-0.4, -0.2) is 43.1 Å². The van der Waals surface area contributed by atoms with Crippen molar-refractivity contribution in [2.24, 2.45) is 5.92 Å². The zero-order valence-electron chi connectivity index (χ0n) is 15.3. The van der Waals surface area contributed by atoms with E-state index in [0.29, 0.717) is 12.0 Å². The molecule has 1 unspecified atom stereocenters. The topological polar surface area (TPSA) is 32.8 Å². The predicted molar refractivity (Wildman–Crippen MR) is 98.1 cm³/mol. The molecule has 4 aliphatic rings. The Morgan fingerprint density at radius 2 is 2.20 bits per heavy atom. The van der Waals surface area contributed by atoms with Gasteiger partial charge in [-0.2, -0.15) is 0 Å². The van der Waals surface area contributed by atoms with E-state index in [4.69, 9.17) is 4.74 Å². The lowest BCUT2D eigenvalue weighted by molar-refractivity contribution is -0.117. The lowest BCUT2D eigenvalue weighted by Gasteiger charge is -2.53. The number of ether oxygens (including phenoxy) is 1. The maximum absolute atomic E-state index is 12.7.